The molecular formula is C9H9BrN2O. The van der Waals surface area contributed by atoms with E-state index in [1.165, 1.54) is 6.20 Å². The predicted molar refractivity (Wildman–Crippen MR) is 51.9 cm³/mol. The highest BCUT2D eigenvalue weighted by Gasteiger charge is 2.17. The molecule has 4 heteroatoms. The van der Waals surface area contributed by atoms with Gasteiger partial charge in [-0.1, -0.05) is 0 Å². The van der Waals surface area contributed by atoms with Gasteiger partial charge in [-0.15, -0.1) is 0 Å². The summed E-state index contributed by atoms with van der Waals surface area (Å²) in [5.41, 5.74) is 0.0788. The molecule has 1 aromatic heterocycles. The fourth-order valence-electron chi connectivity index (χ4n) is 0.855. The van der Waals surface area contributed by atoms with E-state index in [1.807, 2.05) is 6.07 Å². The van der Waals surface area contributed by atoms with Crippen LogP contribution in [0.5, 0.6) is 0 Å². The molecule has 0 amide bonds. The van der Waals surface area contributed by atoms with Gasteiger partial charge in [0.2, 0.25) is 0 Å². The fraction of sp³-hybridized carbons (Fsp3) is 0.333. The minimum atomic E-state index is -0.927. The number of halogens is 1. The second-order valence-electron chi connectivity index (χ2n) is 3.23. The van der Waals surface area contributed by atoms with Crippen molar-refractivity contribution in [3.8, 4) is 6.07 Å². The lowest BCUT2D eigenvalue weighted by Crippen LogP contribution is -2.15. The lowest BCUT2D eigenvalue weighted by molar-refractivity contribution is 0.0781. The van der Waals surface area contributed by atoms with E-state index < -0.39 is 5.60 Å². The van der Waals surface area contributed by atoms with Crippen LogP contribution in [0.3, 0.4) is 0 Å². The number of nitriles is 1. The minimum Gasteiger partial charge on any atom is -0.386 e. The van der Waals surface area contributed by atoms with Gasteiger partial charge in [0, 0.05) is 11.8 Å². The summed E-state index contributed by atoms with van der Waals surface area (Å²) in [7, 11) is 0. The summed E-state index contributed by atoms with van der Waals surface area (Å²) in [6, 6.07) is 3.63. The second kappa shape index (κ2) is 3.44. The highest BCUT2D eigenvalue weighted by atomic mass is 79.9. The van der Waals surface area contributed by atoms with Gasteiger partial charge < -0.3 is 5.11 Å². The Morgan fingerprint density at radius 2 is 2.23 bits per heavy atom. The zero-order valence-corrected chi connectivity index (χ0v) is 8.96. The van der Waals surface area contributed by atoms with Crippen molar-refractivity contribution in [2.24, 2.45) is 0 Å². The largest absolute Gasteiger partial charge is 0.386 e. The number of aromatic nitrogens is 1. The first-order chi connectivity index (χ1) is 5.95. The Morgan fingerprint density at radius 3 is 2.62 bits per heavy atom. The summed E-state index contributed by atoms with van der Waals surface area (Å²) >= 11 is 3.20. The van der Waals surface area contributed by atoms with Crippen LogP contribution in [-0.2, 0) is 5.60 Å². The molecule has 0 aliphatic heterocycles. The first kappa shape index (κ1) is 10.2. The van der Waals surface area contributed by atoms with Crippen molar-refractivity contribution in [3.63, 3.8) is 0 Å². The molecule has 1 N–H and O–H groups in total. The Kier molecular flexibility index (Phi) is 2.69. The molecule has 0 unspecified atom stereocenters. The smallest absolute Gasteiger partial charge is 0.154 e. The lowest BCUT2D eigenvalue weighted by Gasteiger charge is -2.17. The molecule has 68 valence electrons. The molecule has 0 bridgehead atoms. The minimum absolute atomic E-state index is 0.327. The molecule has 13 heavy (non-hydrogen) atoms. The number of hydrogen-bond acceptors (Lipinski definition) is 3. The topological polar surface area (TPSA) is 56.9 Å². The third-order valence-corrected chi connectivity index (χ3v) is 2.26. The van der Waals surface area contributed by atoms with Gasteiger partial charge in [-0.3, -0.25) is 0 Å². The van der Waals surface area contributed by atoms with Gasteiger partial charge in [0.25, 0.3) is 0 Å². The van der Waals surface area contributed by atoms with Gasteiger partial charge in [0.1, 0.15) is 6.07 Å². The average Bonchev–Trinajstić information content (AvgIpc) is 2.02. The van der Waals surface area contributed by atoms with E-state index >= 15 is 0 Å². The van der Waals surface area contributed by atoms with Crippen molar-refractivity contribution >= 4 is 15.9 Å². The maximum absolute atomic E-state index is 9.63. The number of nitrogens with zero attached hydrogens (tertiary/aromatic N) is 2. The Balaban J connectivity index is 3.20. The molecule has 0 radical (unpaired) electrons. The van der Waals surface area contributed by atoms with Gasteiger partial charge in [0.05, 0.1) is 10.1 Å². The van der Waals surface area contributed by atoms with Crippen LogP contribution in [0.25, 0.3) is 0 Å². The highest BCUT2D eigenvalue weighted by molar-refractivity contribution is 9.10. The molecule has 0 atom stereocenters. The first-order valence-corrected chi connectivity index (χ1v) is 4.53. The standard InChI is InChI=1S/C9H9BrN2O/c1-9(2,13)6-3-7(10)8(4-11)12-5-6/h3,5,13H,1-2H3. The van der Waals surface area contributed by atoms with Crippen LogP contribution >= 0.6 is 15.9 Å². The second-order valence-corrected chi connectivity index (χ2v) is 4.08. The van der Waals surface area contributed by atoms with Gasteiger partial charge in [-0.05, 0) is 35.8 Å². The maximum Gasteiger partial charge on any atom is 0.154 e. The van der Waals surface area contributed by atoms with Gasteiger partial charge in [-0.2, -0.15) is 5.26 Å². The van der Waals surface area contributed by atoms with E-state index in [1.54, 1.807) is 19.9 Å². The quantitative estimate of drug-likeness (QED) is 0.817. The molecule has 0 aliphatic carbocycles. The molecule has 0 saturated carbocycles. The Morgan fingerprint density at radius 1 is 1.62 bits per heavy atom. The SMILES string of the molecule is CC(C)(O)c1cnc(C#N)c(Br)c1. The van der Waals surface area contributed by atoms with E-state index in [4.69, 9.17) is 5.26 Å². The number of rotatable bonds is 1. The van der Waals surface area contributed by atoms with Crippen LogP contribution in [0.1, 0.15) is 25.1 Å². The molecule has 0 aromatic carbocycles. The number of hydrogen-bond donors (Lipinski definition) is 1. The van der Waals surface area contributed by atoms with Crippen molar-refractivity contribution in [2.75, 3.05) is 0 Å². The van der Waals surface area contributed by atoms with Crippen molar-refractivity contribution in [1.29, 1.82) is 5.26 Å². The van der Waals surface area contributed by atoms with Crippen LogP contribution in [0.15, 0.2) is 16.7 Å². The first-order valence-electron chi connectivity index (χ1n) is 3.73. The summed E-state index contributed by atoms with van der Waals surface area (Å²) < 4.78 is 0.606. The molecule has 0 saturated heterocycles. The van der Waals surface area contributed by atoms with Crippen LogP contribution in [0.2, 0.25) is 0 Å². The van der Waals surface area contributed by atoms with Crippen LogP contribution < -0.4 is 0 Å². The Hall–Kier alpha value is -0.920. The zero-order chi connectivity index (χ0) is 10.1. The van der Waals surface area contributed by atoms with Gasteiger partial charge in [-0.25, -0.2) is 4.98 Å². The van der Waals surface area contributed by atoms with Crippen molar-refractivity contribution in [2.45, 2.75) is 19.4 Å². The molecule has 1 heterocycles. The Bertz CT molecular complexity index is 363. The summed E-state index contributed by atoms with van der Waals surface area (Å²) in [6.07, 6.45) is 1.50. The normalized spacial score (nSPS) is 11.0. The molecule has 0 spiro atoms. The maximum atomic E-state index is 9.63. The highest BCUT2D eigenvalue weighted by Crippen LogP contribution is 2.23. The van der Waals surface area contributed by atoms with E-state index in [-0.39, 0.29) is 0 Å². The Labute approximate surface area is 85.2 Å². The summed E-state index contributed by atoms with van der Waals surface area (Å²) in [4.78, 5) is 3.90. The van der Waals surface area contributed by atoms with E-state index in [0.717, 1.165) is 0 Å². The van der Waals surface area contributed by atoms with Crippen molar-refractivity contribution in [3.05, 3.63) is 28.0 Å². The van der Waals surface area contributed by atoms with Gasteiger partial charge in [0.15, 0.2) is 5.69 Å². The van der Waals surface area contributed by atoms with E-state index in [0.29, 0.717) is 15.7 Å². The molecule has 0 fully saturated rings. The fourth-order valence-corrected chi connectivity index (χ4v) is 1.29. The zero-order valence-electron chi connectivity index (χ0n) is 7.37. The molecule has 1 aromatic rings. The molecular weight excluding hydrogens is 232 g/mol. The average molecular weight is 241 g/mol. The van der Waals surface area contributed by atoms with Crippen LogP contribution in [-0.4, -0.2) is 10.1 Å². The summed E-state index contributed by atoms with van der Waals surface area (Å²) in [5.74, 6) is 0. The summed E-state index contributed by atoms with van der Waals surface area (Å²) in [6.45, 7) is 3.34. The number of pyridine rings is 1. The number of aliphatic hydroxyl groups is 1. The third-order valence-electron chi connectivity index (χ3n) is 1.65. The molecule has 1 rings (SSSR count). The van der Waals surface area contributed by atoms with Crippen LogP contribution in [0, 0.1) is 11.3 Å². The lowest BCUT2D eigenvalue weighted by atomic mass is 10.0. The van der Waals surface area contributed by atoms with Crippen molar-refractivity contribution in [1.82, 2.24) is 4.98 Å². The predicted octanol–water partition coefficient (Wildman–Crippen LogP) is 1.94. The third kappa shape index (κ3) is 2.27. The summed E-state index contributed by atoms with van der Waals surface area (Å²) in [5, 5.41) is 18.2. The molecule has 0 aliphatic rings. The van der Waals surface area contributed by atoms with E-state index in [9.17, 15) is 5.11 Å². The van der Waals surface area contributed by atoms with E-state index in [2.05, 4.69) is 20.9 Å². The monoisotopic (exact) mass is 240 g/mol. The molecule has 3 nitrogen and oxygen atoms in total. The van der Waals surface area contributed by atoms with Gasteiger partial charge >= 0.3 is 0 Å². The van der Waals surface area contributed by atoms with Crippen molar-refractivity contribution < 1.29 is 5.11 Å². The van der Waals surface area contributed by atoms with Crippen LogP contribution in [0.4, 0.5) is 0 Å².